The van der Waals surface area contributed by atoms with Crippen LogP contribution in [0.4, 0.5) is 13.2 Å². The molecular weight excluding hydrogens is 761 g/mol. The van der Waals surface area contributed by atoms with Gasteiger partial charge in [0, 0.05) is 25.9 Å². The normalized spacial score (nSPS) is 16.4. The van der Waals surface area contributed by atoms with E-state index in [4.69, 9.17) is 0 Å². The third-order valence-corrected chi connectivity index (χ3v) is 10.00. The van der Waals surface area contributed by atoms with Crippen LogP contribution in [0, 0.1) is 17.8 Å². The number of carbonyl (C=O) groups is 7. The van der Waals surface area contributed by atoms with Gasteiger partial charge in [0.05, 0.1) is 5.54 Å². The summed E-state index contributed by atoms with van der Waals surface area (Å²) in [7, 11) is 3.88. The van der Waals surface area contributed by atoms with Crippen molar-refractivity contribution in [1.82, 2.24) is 42.1 Å². The molecule has 7 N–H and O–H groups in total. The Labute approximate surface area is 342 Å². The summed E-state index contributed by atoms with van der Waals surface area (Å²) in [6.07, 6.45) is -2.39. The highest BCUT2D eigenvalue weighted by molar-refractivity contribution is 5.99. The summed E-state index contributed by atoms with van der Waals surface area (Å²) >= 11 is 0. The van der Waals surface area contributed by atoms with Gasteiger partial charge in [-0.1, -0.05) is 41.5 Å². The third-order valence-electron chi connectivity index (χ3n) is 10.00. The monoisotopic (exact) mass is 833 g/mol. The number of hydrogen-bond acceptors (Lipinski definition) is 8. The van der Waals surface area contributed by atoms with Gasteiger partial charge < -0.3 is 42.1 Å². The Balaban J connectivity index is 3.05. The molecule has 0 aromatic heterocycles. The first-order valence-corrected chi connectivity index (χ1v) is 20.2. The summed E-state index contributed by atoms with van der Waals surface area (Å²) in [5, 5.41) is 17.5. The largest absolute Gasteiger partial charge is 0.420 e. The molecule has 0 aromatic carbocycles. The zero-order valence-electron chi connectivity index (χ0n) is 36.9. The molecule has 0 saturated heterocycles. The Kier molecular flexibility index (Phi) is 19.2. The van der Waals surface area contributed by atoms with Crippen molar-refractivity contribution in [2.45, 2.75) is 168 Å². The summed E-state index contributed by atoms with van der Waals surface area (Å²) in [5.74, 6) is -6.30. The first kappa shape index (κ1) is 52.1. The average Bonchev–Trinajstić information content (AvgIpc) is 3.03. The molecule has 0 aliphatic heterocycles. The lowest BCUT2D eigenvalue weighted by Gasteiger charge is -2.44. The zero-order valence-corrected chi connectivity index (χ0v) is 36.9. The van der Waals surface area contributed by atoms with Crippen LogP contribution in [0.1, 0.15) is 128 Å². The number of halogens is 3. The topological polar surface area (TPSA) is 207 Å². The zero-order chi connectivity index (χ0) is 45.0. The van der Waals surface area contributed by atoms with Crippen molar-refractivity contribution in [1.29, 1.82) is 0 Å². The molecule has 0 heterocycles. The second-order valence-corrected chi connectivity index (χ2v) is 18.6. The maximum Gasteiger partial charge on any atom is 0.420 e. The molecule has 58 heavy (non-hydrogen) atoms. The number of nitrogens with one attached hydrogen (secondary N) is 7. The Morgan fingerprint density at radius 3 is 1.60 bits per heavy atom. The number of carbonyl (C=O) groups excluding carboxylic acids is 7. The number of likely N-dealkylation sites (N-methyl/N-ethyl adjacent to an activating group) is 1. The van der Waals surface area contributed by atoms with E-state index in [1.54, 1.807) is 41.5 Å². The molecule has 7 amide bonds. The summed E-state index contributed by atoms with van der Waals surface area (Å²) in [6.45, 7) is 17.5. The van der Waals surface area contributed by atoms with Crippen LogP contribution < -0.4 is 37.2 Å². The quantitative estimate of drug-likeness (QED) is 0.0814. The van der Waals surface area contributed by atoms with Crippen LogP contribution in [0.3, 0.4) is 0 Å². The second-order valence-electron chi connectivity index (χ2n) is 18.6. The van der Waals surface area contributed by atoms with Gasteiger partial charge in [0.2, 0.25) is 41.0 Å². The van der Waals surface area contributed by atoms with Crippen LogP contribution >= 0.6 is 0 Å². The van der Waals surface area contributed by atoms with Crippen molar-refractivity contribution in [3.05, 3.63) is 0 Å². The fraction of sp³-hybridized carbons (Fsp3) is 0.825. The lowest BCUT2D eigenvalue weighted by Crippen LogP contribution is -2.68. The average molecular weight is 833 g/mol. The smallest absolute Gasteiger partial charge is 0.354 e. The number of amides is 7. The molecule has 15 nitrogen and oxygen atoms in total. The molecule has 1 saturated carbocycles. The van der Waals surface area contributed by atoms with E-state index in [0.717, 1.165) is 19.3 Å². The van der Waals surface area contributed by atoms with Gasteiger partial charge in [-0.05, 0) is 105 Å². The molecule has 1 rings (SSSR count). The van der Waals surface area contributed by atoms with Crippen molar-refractivity contribution < 1.29 is 46.7 Å². The van der Waals surface area contributed by atoms with Gasteiger partial charge in [-0.25, -0.2) is 0 Å². The van der Waals surface area contributed by atoms with Gasteiger partial charge >= 0.3 is 6.18 Å². The molecule has 0 radical (unpaired) electrons. The van der Waals surface area contributed by atoms with Gasteiger partial charge in [-0.3, -0.25) is 33.6 Å². The summed E-state index contributed by atoms with van der Waals surface area (Å²) < 4.78 is 43.0. The van der Waals surface area contributed by atoms with Crippen molar-refractivity contribution in [2.75, 3.05) is 27.2 Å². The van der Waals surface area contributed by atoms with E-state index < -0.39 is 70.3 Å². The lowest BCUT2D eigenvalue weighted by molar-refractivity contribution is -0.198. The van der Waals surface area contributed by atoms with E-state index in [9.17, 15) is 46.7 Å². The minimum absolute atomic E-state index is 0.0271. The van der Waals surface area contributed by atoms with E-state index in [1.807, 2.05) is 24.3 Å². The molecular formula is C40H71F3N8O7. The predicted octanol–water partition coefficient (Wildman–Crippen LogP) is 2.82. The number of rotatable bonds is 23. The number of alkyl halides is 3. The van der Waals surface area contributed by atoms with Gasteiger partial charge in [-0.15, -0.1) is 0 Å². The molecule has 334 valence electrons. The van der Waals surface area contributed by atoms with Gasteiger partial charge in [-0.2, -0.15) is 13.2 Å². The highest BCUT2D eigenvalue weighted by Gasteiger charge is 2.58. The Bertz CT molecular complexity index is 1460. The summed E-state index contributed by atoms with van der Waals surface area (Å²) in [4.78, 5) is 94.4. The van der Waals surface area contributed by atoms with Crippen LogP contribution in [0.2, 0.25) is 0 Å². The van der Waals surface area contributed by atoms with E-state index in [-0.39, 0.29) is 61.4 Å². The maximum atomic E-state index is 14.3. The fourth-order valence-corrected chi connectivity index (χ4v) is 6.35. The maximum absolute atomic E-state index is 14.3. The summed E-state index contributed by atoms with van der Waals surface area (Å²) in [6, 6.07) is -2.81. The minimum Gasteiger partial charge on any atom is -0.354 e. The van der Waals surface area contributed by atoms with Crippen LogP contribution in [-0.4, -0.2) is 114 Å². The molecule has 1 aliphatic rings. The van der Waals surface area contributed by atoms with Gasteiger partial charge in [0.1, 0.15) is 23.2 Å². The van der Waals surface area contributed by atoms with Crippen molar-refractivity contribution in [2.24, 2.45) is 17.8 Å². The second kappa shape index (κ2) is 21.3. The lowest BCUT2D eigenvalue weighted by atomic mass is 9.76. The van der Waals surface area contributed by atoms with Crippen LogP contribution in [0.5, 0.6) is 0 Å². The minimum atomic E-state index is -5.22. The first-order chi connectivity index (χ1) is 26.4. The van der Waals surface area contributed by atoms with E-state index >= 15 is 0 Å². The van der Waals surface area contributed by atoms with Crippen molar-refractivity contribution in [3.63, 3.8) is 0 Å². The molecule has 0 spiro atoms. The molecule has 0 unspecified atom stereocenters. The van der Waals surface area contributed by atoms with E-state index in [2.05, 4.69) is 31.9 Å². The first-order valence-electron chi connectivity index (χ1n) is 20.2. The van der Waals surface area contributed by atoms with Crippen molar-refractivity contribution in [3.8, 4) is 0 Å². The third kappa shape index (κ3) is 16.4. The van der Waals surface area contributed by atoms with Gasteiger partial charge in [0.25, 0.3) is 5.91 Å². The predicted molar refractivity (Wildman–Crippen MR) is 215 cm³/mol. The standard InChI is InChI=1S/C40H71F3N8O7/c1-24(2)15-16-29(52)47-38(11,40(41,42)43)35(58)46-27(21-25(3)4)31(54)45-28(22-26(5)6)32(55)49-37(9,10)34(57)50-36(7,8)33(56)44-20-17-30(53)48-39(18-14-19-39)23-51(12)13/h24-28H,14-23H2,1-13H3,(H,44,56)(H,45,54)(H,46,58)(H,47,52)(H,48,53)(H,49,55)(H,50,57)/t27-,28-,38-/m0/s1. The Morgan fingerprint density at radius 2 is 1.16 bits per heavy atom. The highest BCUT2D eigenvalue weighted by Crippen LogP contribution is 2.33. The van der Waals surface area contributed by atoms with Gasteiger partial charge in [0.15, 0.2) is 0 Å². The highest BCUT2D eigenvalue weighted by atomic mass is 19.4. The molecule has 3 atom stereocenters. The van der Waals surface area contributed by atoms with E-state index in [0.29, 0.717) is 19.9 Å². The molecule has 0 bridgehead atoms. The van der Waals surface area contributed by atoms with Crippen LogP contribution in [0.25, 0.3) is 0 Å². The molecule has 18 heteroatoms. The fourth-order valence-electron chi connectivity index (χ4n) is 6.35. The van der Waals surface area contributed by atoms with E-state index in [1.165, 1.54) is 27.7 Å². The van der Waals surface area contributed by atoms with Crippen LogP contribution in [0.15, 0.2) is 0 Å². The molecule has 1 fully saturated rings. The Hall–Kier alpha value is -3.96. The van der Waals surface area contributed by atoms with Crippen LogP contribution in [-0.2, 0) is 33.6 Å². The number of nitrogens with zero attached hydrogens (tertiary/aromatic N) is 1. The molecule has 1 aliphatic carbocycles. The SMILES string of the molecule is CC(C)CCC(=O)N[C@@](C)(C(=O)N[C@@H](CC(C)C)C(=O)N[C@@H](CC(C)C)C(=O)NC(C)(C)C(=O)NC(C)(C)C(=O)NCCC(=O)NC1(CN(C)C)CCC1)C(F)(F)F. The number of hydrogen-bond donors (Lipinski definition) is 7. The summed E-state index contributed by atoms with van der Waals surface area (Å²) in [5.41, 5.74) is -6.73. The molecule has 0 aromatic rings. The Morgan fingerprint density at radius 1 is 0.638 bits per heavy atom. The van der Waals surface area contributed by atoms with Crippen molar-refractivity contribution >= 4 is 41.4 Å².